The van der Waals surface area contributed by atoms with Gasteiger partial charge in [0.2, 0.25) is 0 Å². The second-order valence-corrected chi connectivity index (χ2v) is 3.13. The first kappa shape index (κ1) is 10.0. The summed E-state index contributed by atoms with van der Waals surface area (Å²) in [6.45, 7) is 0. The number of carboxylic acids is 1. The molecule has 1 heterocycles. The molecular formula is C10H6O6. The maximum absolute atomic E-state index is 11.2. The van der Waals surface area contributed by atoms with Crippen molar-refractivity contribution < 1.29 is 24.5 Å². The number of carbonyl (C=O) groups is 1. The van der Waals surface area contributed by atoms with E-state index in [2.05, 4.69) is 4.42 Å². The van der Waals surface area contributed by atoms with Gasteiger partial charge in [0.1, 0.15) is 11.1 Å². The molecule has 0 aliphatic heterocycles. The fraction of sp³-hybridized carbons (Fsp3) is 0. The second-order valence-electron chi connectivity index (χ2n) is 3.13. The third-order valence-corrected chi connectivity index (χ3v) is 2.06. The summed E-state index contributed by atoms with van der Waals surface area (Å²) in [5, 5.41) is 27.2. The third-order valence-electron chi connectivity index (χ3n) is 2.06. The summed E-state index contributed by atoms with van der Waals surface area (Å²) < 4.78 is 4.68. The summed E-state index contributed by atoms with van der Waals surface area (Å²) in [6.07, 6.45) is 0. The zero-order valence-electron chi connectivity index (χ0n) is 7.80. The molecule has 1 aromatic carbocycles. The van der Waals surface area contributed by atoms with E-state index in [4.69, 9.17) is 10.2 Å². The van der Waals surface area contributed by atoms with Crippen molar-refractivity contribution in [2.45, 2.75) is 0 Å². The normalized spacial score (nSPS) is 10.5. The van der Waals surface area contributed by atoms with E-state index in [0.717, 1.165) is 18.2 Å². The minimum atomic E-state index is -1.41. The Bertz CT molecular complexity index is 640. The number of carboxylic acid groups (broad SMARTS) is 1. The van der Waals surface area contributed by atoms with Crippen molar-refractivity contribution in [1.82, 2.24) is 0 Å². The van der Waals surface area contributed by atoms with Crippen LogP contribution in [-0.2, 0) is 0 Å². The SMILES string of the molecule is O=C(O)c1cc2cc(O)c(O)cc2oc1=O. The highest BCUT2D eigenvalue weighted by Gasteiger charge is 2.13. The number of benzene rings is 1. The van der Waals surface area contributed by atoms with Crippen LogP contribution in [0.4, 0.5) is 0 Å². The van der Waals surface area contributed by atoms with E-state index in [0.29, 0.717) is 0 Å². The monoisotopic (exact) mass is 222 g/mol. The summed E-state index contributed by atoms with van der Waals surface area (Å²) in [6, 6.07) is 3.22. The fourth-order valence-electron chi connectivity index (χ4n) is 1.29. The molecule has 0 saturated carbocycles. The molecule has 0 spiro atoms. The number of aromatic hydroxyl groups is 2. The van der Waals surface area contributed by atoms with E-state index < -0.39 is 28.7 Å². The Hall–Kier alpha value is -2.50. The van der Waals surface area contributed by atoms with Gasteiger partial charge >= 0.3 is 11.6 Å². The number of hydrogen-bond acceptors (Lipinski definition) is 5. The van der Waals surface area contributed by atoms with Crippen molar-refractivity contribution >= 4 is 16.9 Å². The molecule has 2 aromatic rings. The van der Waals surface area contributed by atoms with Crippen molar-refractivity contribution in [2.24, 2.45) is 0 Å². The van der Waals surface area contributed by atoms with Gasteiger partial charge in [-0.05, 0) is 12.1 Å². The minimum absolute atomic E-state index is 0.00491. The molecule has 0 amide bonds. The van der Waals surface area contributed by atoms with Gasteiger partial charge in [-0.1, -0.05) is 0 Å². The number of fused-ring (bicyclic) bond motifs is 1. The van der Waals surface area contributed by atoms with Crippen LogP contribution in [0.1, 0.15) is 10.4 Å². The molecule has 0 aliphatic carbocycles. The van der Waals surface area contributed by atoms with Gasteiger partial charge in [-0.2, -0.15) is 0 Å². The molecule has 0 saturated heterocycles. The summed E-state index contributed by atoms with van der Waals surface area (Å²) in [7, 11) is 0. The lowest BCUT2D eigenvalue weighted by Gasteiger charge is -2.01. The van der Waals surface area contributed by atoms with Gasteiger partial charge in [0, 0.05) is 11.5 Å². The van der Waals surface area contributed by atoms with E-state index in [1.165, 1.54) is 0 Å². The summed E-state index contributed by atoms with van der Waals surface area (Å²) in [5.74, 6) is -2.28. The van der Waals surface area contributed by atoms with Crippen molar-refractivity contribution in [1.29, 1.82) is 0 Å². The smallest absolute Gasteiger partial charge is 0.351 e. The van der Waals surface area contributed by atoms with Gasteiger partial charge in [0.25, 0.3) is 0 Å². The van der Waals surface area contributed by atoms with Crippen molar-refractivity contribution in [3.63, 3.8) is 0 Å². The van der Waals surface area contributed by atoms with E-state index >= 15 is 0 Å². The average Bonchev–Trinajstić information content (AvgIpc) is 2.19. The van der Waals surface area contributed by atoms with Crippen molar-refractivity contribution in [3.8, 4) is 11.5 Å². The van der Waals surface area contributed by atoms with Gasteiger partial charge in [0.15, 0.2) is 11.5 Å². The molecule has 0 aliphatic rings. The first-order valence-electron chi connectivity index (χ1n) is 4.22. The number of rotatable bonds is 1. The predicted molar refractivity (Wildman–Crippen MR) is 52.8 cm³/mol. The molecule has 0 unspecified atom stereocenters. The number of aromatic carboxylic acids is 1. The summed E-state index contributed by atoms with van der Waals surface area (Å²) in [4.78, 5) is 21.8. The van der Waals surface area contributed by atoms with Crippen LogP contribution in [0.2, 0.25) is 0 Å². The van der Waals surface area contributed by atoms with Crippen LogP contribution in [0, 0.1) is 0 Å². The molecule has 82 valence electrons. The van der Waals surface area contributed by atoms with Gasteiger partial charge in [0.05, 0.1) is 0 Å². The van der Waals surface area contributed by atoms with Crippen LogP contribution in [0.5, 0.6) is 11.5 Å². The molecule has 3 N–H and O–H groups in total. The van der Waals surface area contributed by atoms with Gasteiger partial charge in [-0.3, -0.25) is 0 Å². The molecule has 1 aromatic heterocycles. The molecule has 0 bridgehead atoms. The molecule has 0 atom stereocenters. The molecule has 0 fully saturated rings. The Labute approximate surface area is 88.0 Å². The average molecular weight is 222 g/mol. The van der Waals surface area contributed by atoms with Crippen LogP contribution >= 0.6 is 0 Å². The lowest BCUT2D eigenvalue weighted by molar-refractivity contribution is 0.0692. The van der Waals surface area contributed by atoms with Gasteiger partial charge in [-0.15, -0.1) is 0 Å². The van der Waals surface area contributed by atoms with Crippen molar-refractivity contribution in [2.75, 3.05) is 0 Å². The zero-order chi connectivity index (χ0) is 11.9. The number of phenols is 2. The third kappa shape index (κ3) is 1.46. The van der Waals surface area contributed by atoms with Gasteiger partial charge < -0.3 is 19.7 Å². The Kier molecular flexibility index (Phi) is 2.05. The zero-order valence-corrected chi connectivity index (χ0v) is 7.80. The largest absolute Gasteiger partial charge is 0.504 e. The van der Waals surface area contributed by atoms with Crippen LogP contribution in [0.15, 0.2) is 27.4 Å². The fourth-order valence-corrected chi connectivity index (χ4v) is 1.29. The Morgan fingerprint density at radius 2 is 1.75 bits per heavy atom. The van der Waals surface area contributed by atoms with E-state index in [9.17, 15) is 14.7 Å². The van der Waals surface area contributed by atoms with E-state index in [1.54, 1.807) is 0 Å². The highest BCUT2D eigenvalue weighted by atomic mass is 16.4. The topological polar surface area (TPSA) is 108 Å². The van der Waals surface area contributed by atoms with Crippen LogP contribution in [0.25, 0.3) is 11.0 Å². The maximum atomic E-state index is 11.2. The lowest BCUT2D eigenvalue weighted by Crippen LogP contribution is -2.12. The quantitative estimate of drug-likeness (QED) is 0.488. The molecule has 6 heteroatoms. The first-order valence-corrected chi connectivity index (χ1v) is 4.22. The minimum Gasteiger partial charge on any atom is -0.504 e. The Morgan fingerprint density at radius 3 is 2.38 bits per heavy atom. The standard InChI is InChI=1S/C10H6O6/c11-6-2-4-1-5(9(13)14)10(15)16-8(4)3-7(6)12/h1-3,11-12H,(H,13,14). The van der Waals surface area contributed by atoms with E-state index in [-0.39, 0.29) is 11.0 Å². The molecular weight excluding hydrogens is 216 g/mol. The Morgan fingerprint density at radius 1 is 1.12 bits per heavy atom. The van der Waals surface area contributed by atoms with Gasteiger partial charge in [-0.25, -0.2) is 9.59 Å². The van der Waals surface area contributed by atoms with Crippen molar-refractivity contribution in [3.05, 3.63) is 34.2 Å². The summed E-state index contributed by atoms with van der Waals surface area (Å²) in [5.41, 5.74) is -1.53. The molecule has 6 nitrogen and oxygen atoms in total. The highest BCUT2D eigenvalue weighted by molar-refractivity contribution is 5.92. The van der Waals surface area contributed by atoms with Crippen LogP contribution in [0.3, 0.4) is 0 Å². The highest BCUT2D eigenvalue weighted by Crippen LogP contribution is 2.29. The first-order chi connectivity index (χ1) is 7.49. The lowest BCUT2D eigenvalue weighted by atomic mass is 10.1. The number of phenolic OH excluding ortho intramolecular Hbond substituents is 2. The Balaban J connectivity index is 2.85. The van der Waals surface area contributed by atoms with Crippen LogP contribution < -0.4 is 5.63 Å². The molecule has 16 heavy (non-hydrogen) atoms. The van der Waals surface area contributed by atoms with E-state index in [1.807, 2.05) is 0 Å². The second kappa shape index (κ2) is 3.27. The van der Waals surface area contributed by atoms with Crippen LogP contribution in [-0.4, -0.2) is 21.3 Å². The number of hydrogen-bond donors (Lipinski definition) is 3. The predicted octanol–water partition coefficient (Wildman–Crippen LogP) is 0.902. The molecule has 2 rings (SSSR count). The molecule has 0 radical (unpaired) electrons. The summed E-state index contributed by atoms with van der Waals surface area (Å²) >= 11 is 0. The maximum Gasteiger partial charge on any atom is 0.351 e.